The van der Waals surface area contributed by atoms with E-state index in [9.17, 15) is 14.9 Å². The molecule has 96 valence electrons. The number of hydrogen-bond donors (Lipinski definition) is 2. The normalized spacial score (nSPS) is 18.6. The van der Waals surface area contributed by atoms with Crippen LogP contribution in [0.5, 0.6) is 0 Å². The van der Waals surface area contributed by atoms with Gasteiger partial charge in [0.25, 0.3) is 5.69 Å². The second-order valence-corrected chi connectivity index (χ2v) is 4.35. The highest BCUT2D eigenvalue weighted by Crippen LogP contribution is 2.17. The van der Waals surface area contributed by atoms with E-state index in [1.165, 1.54) is 12.1 Å². The number of nitrogens with zero attached hydrogens (tertiary/aromatic N) is 1. The Morgan fingerprint density at radius 1 is 1.56 bits per heavy atom. The number of amides is 1. The number of carbonyl (C=O) groups excluding carboxylic acids is 1. The Bertz CT molecular complexity index is 456. The number of nitrogens with one attached hydrogen (secondary N) is 2. The van der Waals surface area contributed by atoms with Gasteiger partial charge in [-0.2, -0.15) is 0 Å². The second-order valence-electron chi connectivity index (χ2n) is 4.35. The van der Waals surface area contributed by atoms with E-state index in [1.807, 2.05) is 0 Å². The average Bonchev–Trinajstić information content (AvgIpc) is 2.82. The topological polar surface area (TPSA) is 84.3 Å². The van der Waals surface area contributed by atoms with Gasteiger partial charge in [0.15, 0.2) is 0 Å². The molecule has 0 saturated carbocycles. The van der Waals surface area contributed by atoms with E-state index in [0.29, 0.717) is 12.1 Å². The van der Waals surface area contributed by atoms with E-state index >= 15 is 0 Å². The highest BCUT2D eigenvalue weighted by atomic mass is 16.6. The molecule has 1 heterocycles. The zero-order valence-electron chi connectivity index (χ0n) is 9.89. The van der Waals surface area contributed by atoms with E-state index in [2.05, 4.69) is 10.6 Å². The number of rotatable bonds is 4. The van der Waals surface area contributed by atoms with Gasteiger partial charge in [0, 0.05) is 30.3 Å². The van der Waals surface area contributed by atoms with Crippen molar-refractivity contribution in [2.45, 2.75) is 25.3 Å². The maximum Gasteiger partial charge on any atom is 0.271 e. The lowest BCUT2D eigenvalue weighted by Gasteiger charge is -2.10. The smallest absolute Gasteiger partial charge is 0.271 e. The van der Waals surface area contributed by atoms with Gasteiger partial charge in [-0.05, 0) is 25.5 Å². The summed E-state index contributed by atoms with van der Waals surface area (Å²) in [5.74, 6) is -0.116. The lowest BCUT2D eigenvalue weighted by atomic mass is 10.1. The van der Waals surface area contributed by atoms with Crippen LogP contribution in [0.2, 0.25) is 0 Å². The second kappa shape index (κ2) is 5.59. The fourth-order valence-corrected chi connectivity index (χ4v) is 2.06. The first kappa shape index (κ1) is 12.5. The van der Waals surface area contributed by atoms with Gasteiger partial charge in [-0.25, -0.2) is 0 Å². The predicted octanol–water partition coefficient (Wildman–Crippen LogP) is 1.68. The van der Waals surface area contributed by atoms with Crippen LogP contribution in [-0.4, -0.2) is 23.4 Å². The zero-order valence-corrected chi connectivity index (χ0v) is 9.89. The van der Waals surface area contributed by atoms with Crippen molar-refractivity contribution in [2.24, 2.45) is 0 Å². The van der Waals surface area contributed by atoms with Gasteiger partial charge in [-0.15, -0.1) is 0 Å². The van der Waals surface area contributed by atoms with Crippen molar-refractivity contribution in [1.29, 1.82) is 0 Å². The summed E-state index contributed by atoms with van der Waals surface area (Å²) in [5.41, 5.74) is 0.444. The van der Waals surface area contributed by atoms with Gasteiger partial charge in [-0.1, -0.05) is 6.07 Å². The molecular formula is C12H15N3O3. The van der Waals surface area contributed by atoms with Gasteiger partial charge in [0.1, 0.15) is 0 Å². The van der Waals surface area contributed by atoms with Crippen LogP contribution in [0.4, 0.5) is 11.4 Å². The van der Waals surface area contributed by atoms with Crippen LogP contribution >= 0.6 is 0 Å². The Morgan fingerprint density at radius 2 is 2.39 bits per heavy atom. The number of hydrogen-bond acceptors (Lipinski definition) is 4. The van der Waals surface area contributed by atoms with Gasteiger partial charge in [0.2, 0.25) is 5.91 Å². The van der Waals surface area contributed by atoms with Gasteiger partial charge >= 0.3 is 0 Å². The van der Waals surface area contributed by atoms with Crippen molar-refractivity contribution in [3.8, 4) is 0 Å². The van der Waals surface area contributed by atoms with E-state index in [-0.39, 0.29) is 17.6 Å². The van der Waals surface area contributed by atoms with Gasteiger partial charge < -0.3 is 10.6 Å². The maximum absolute atomic E-state index is 11.7. The Labute approximate surface area is 105 Å². The maximum atomic E-state index is 11.7. The molecule has 1 atom stereocenters. The Balaban J connectivity index is 1.93. The molecule has 1 aromatic carbocycles. The van der Waals surface area contributed by atoms with Crippen LogP contribution in [0.25, 0.3) is 0 Å². The first-order valence-corrected chi connectivity index (χ1v) is 5.93. The molecule has 1 aliphatic rings. The van der Waals surface area contributed by atoms with Crippen molar-refractivity contribution < 1.29 is 9.72 Å². The van der Waals surface area contributed by atoms with Crippen LogP contribution in [0.15, 0.2) is 24.3 Å². The van der Waals surface area contributed by atoms with Gasteiger partial charge in [-0.3, -0.25) is 14.9 Å². The standard InChI is InChI=1S/C12H15N3O3/c16-12(8-9-4-2-6-13-9)14-10-3-1-5-11(7-10)15(17)18/h1,3,5,7,9,13H,2,4,6,8H2,(H,14,16). The SMILES string of the molecule is O=C(CC1CCCN1)Nc1cccc([N+](=O)[O-])c1. The van der Waals surface area contributed by atoms with Crippen molar-refractivity contribution in [1.82, 2.24) is 5.32 Å². The molecule has 6 nitrogen and oxygen atoms in total. The zero-order chi connectivity index (χ0) is 13.0. The summed E-state index contributed by atoms with van der Waals surface area (Å²) in [6, 6.07) is 6.19. The largest absolute Gasteiger partial charge is 0.326 e. The summed E-state index contributed by atoms with van der Waals surface area (Å²) in [7, 11) is 0. The molecule has 1 aromatic rings. The average molecular weight is 249 g/mol. The van der Waals surface area contributed by atoms with E-state index in [4.69, 9.17) is 0 Å². The van der Waals surface area contributed by atoms with Crippen LogP contribution in [0, 0.1) is 10.1 Å². The van der Waals surface area contributed by atoms with Crippen LogP contribution in [0.3, 0.4) is 0 Å². The third-order valence-corrected chi connectivity index (χ3v) is 2.93. The molecule has 2 rings (SSSR count). The number of carbonyl (C=O) groups is 1. The minimum atomic E-state index is -0.478. The van der Waals surface area contributed by atoms with Crippen molar-refractivity contribution in [3.63, 3.8) is 0 Å². The summed E-state index contributed by atoms with van der Waals surface area (Å²) in [6.07, 6.45) is 2.50. The monoisotopic (exact) mass is 249 g/mol. The summed E-state index contributed by atoms with van der Waals surface area (Å²) in [4.78, 5) is 21.9. The highest BCUT2D eigenvalue weighted by Gasteiger charge is 2.18. The summed E-state index contributed by atoms with van der Waals surface area (Å²) < 4.78 is 0. The van der Waals surface area contributed by atoms with Crippen molar-refractivity contribution >= 4 is 17.3 Å². The van der Waals surface area contributed by atoms with E-state index < -0.39 is 4.92 Å². The molecule has 0 aromatic heterocycles. The molecular weight excluding hydrogens is 234 g/mol. The predicted molar refractivity (Wildman–Crippen MR) is 67.4 cm³/mol. The van der Waals surface area contributed by atoms with Crippen LogP contribution in [-0.2, 0) is 4.79 Å². The Morgan fingerprint density at radius 3 is 3.06 bits per heavy atom. The molecule has 18 heavy (non-hydrogen) atoms. The lowest BCUT2D eigenvalue weighted by Crippen LogP contribution is -2.27. The third-order valence-electron chi connectivity index (χ3n) is 2.93. The first-order valence-electron chi connectivity index (χ1n) is 5.93. The minimum absolute atomic E-state index is 0.0215. The molecule has 0 bridgehead atoms. The molecule has 1 unspecified atom stereocenters. The molecule has 2 N–H and O–H groups in total. The molecule has 0 spiro atoms. The highest BCUT2D eigenvalue weighted by molar-refractivity contribution is 5.91. The Kier molecular flexibility index (Phi) is 3.88. The molecule has 6 heteroatoms. The minimum Gasteiger partial charge on any atom is -0.326 e. The third kappa shape index (κ3) is 3.27. The number of nitro benzene ring substituents is 1. The fraction of sp³-hybridized carbons (Fsp3) is 0.417. The summed E-state index contributed by atoms with van der Waals surface area (Å²) >= 11 is 0. The number of non-ortho nitro benzene ring substituents is 1. The van der Waals surface area contributed by atoms with Gasteiger partial charge in [0.05, 0.1) is 4.92 Å². The number of benzene rings is 1. The molecule has 0 radical (unpaired) electrons. The van der Waals surface area contributed by atoms with Crippen molar-refractivity contribution in [2.75, 3.05) is 11.9 Å². The van der Waals surface area contributed by atoms with Crippen LogP contribution < -0.4 is 10.6 Å². The molecule has 0 aliphatic carbocycles. The van der Waals surface area contributed by atoms with E-state index in [1.54, 1.807) is 12.1 Å². The Hall–Kier alpha value is -1.95. The molecule has 1 saturated heterocycles. The molecule has 1 amide bonds. The quantitative estimate of drug-likeness (QED) is 0.628. The van der Waals surface area contributed by atoms with Crippen LogP contribution in [0.1, 0.15) is 19.3 Å². The van der Waals surface area contributed by atoms with E-state index in [0.717, 1.165) is 19.4 Å². The summed E-state index contributed by atoms with van der Waals surface area (Å²) in [6.45, 7) is 0.953. The molecule has 1 aliphatic heterocycles. The first-order chi connectivity index (χ1) is 8.65. The summed E-state index contributed by atoms with van der Waals surface area (Å²) in [5, 5.41) is 16.5. The fourth-order valence-electron chi connectivity index (χ4n) is 2.06. The van der Waals surface area contributed by atoms with Crippen molar-refractivity contribution in [3.05, 3.63) is 34.4 Å². The number of anilines is 1. The number of nitro groups is 1. The lowest BCUT2D eigenvalue weighted by molar-refractivity contribution is -0.384. The molecule has 1 fully saturated rings.